The molecule has 5 nitrogen and oxygen atoms in total. The van der Waals surface area contributed by atoms with E-state index in [2.05, 4.69) is 4.99 Å². The van der Waals surface area contributed by atoms with Gasteiger partial charge < -0.3 is 14.2 Å². The molecule has 0 aromatic heterocycles. The molecule has 0 aliphatic carbocycles. The van der Waals surface area contributed by atoms with Crippen LogP contribution < -0.4 is 14.2 Å². The van der Waals surface area contributed by atoms with Gasteiger partial charge in [-0.2, -0.15) is 4.39 Å². The monoisotopic (exact) mass is 225 g/mol. The van der Waals surface area contributed by atoms with Crippen molar-refractivity contribution in [3.63, 3.8) is 0 Å². The van der Waals surface area contributed by atoms with E-state index in [-0.39, 0.29) is 30.6 Å². The summed E-state index contributed by atoms with van der Waals surface area (Å²) in [6.45, 7) is -0.0456. The lowest BCUT2D eigenvalue weighted by molar-refractivity contribution is 0.170. The largest absolute Gasteiger partial charge is 0.493 e. The lowest BCUT2D eigenvalue weighted by Crippen LogP contribution is -1.96. The number of rotatable bonds is 3. The van der Waals surface area contributed by atoms with Crippen LogP contribution in [-0.2, 0) is 11.3 Å². The SMILES string of the molecule is COc1c(CN=C=O)cc2c(c1F)OCO2. The van der Waals surface area contributed by atoms with Gasteiger partial charge in [-0.1, -0.05) is 0 Å². The molecule has 1 heterocycles. The quantitative estimate of drug-likeness (QED) is 0.576. The van der Waals surface area contributed by atoms with Gasteiger partial charge in [-0.15, -0.1) is 0 Å². The van der Waals surface area contributed by atoms with Gasteiger partial charge in [-0.3, -0.25) is 0 Å². The van der Waals surface area contributed by atoms with Crippen molar-refractivity contribution in [3.8, 4) is 17.2 Å². The number of nitrogens with zero attached hydrogens (tertiary/aromatic N) is 1. The summed E-state index contributed by atoms with van der Waals surface area (Å²) < 4.78 is 28.7. The molecule has 0 saturated heterocycles. The van der Waals surface area contributed by atoms with Gasteiger partial charge in [0.05, 0.1) is 13.7 Å². The maximum atomic E-state index is 13.8. The number of ether oxygens (including phenoxy) is 3. The van der Waals surface area contributed by atoms with Crippen LogP contribution in [0.25, 0.3) is 0 Å². The van der Waals surface area contributed by atoms with Crippen molar-refractivity contribution < 1.29 is 23.4 Å². The number of carbonyl (C=O) groups excluding carboxylic acids is 1. The van der Waals surface area contributed by atoms with E-state index in [0.717, 1.165) is 0 Å². The van der Waals surface area contributed by atoms with E-state index in [9.17, 15) is 9.18 Å². The van der Waals surface area contributed by atoms with E-state index in [1.54, 1.807) is 0 Å². The Morgan fingerprint density at radius 3 is 3.12 bits per heavy atom. The minimum atomic E-state index is -0.645. The smallest absolute Gasteiger partial charge is 0.235 e. The number of hydrogen-bond donors (Lipinski definition) is 0. The highest BCUT2D eigenvalue weighted by molar-refractivity contribution is 5.53. The first kappa shape index (κ1) is 10.4. The molecule has 0 radical (unpaired) electrons. The van der Waals surface area contributed by atoms with Gasteiger partial charge in [0.1, 0.15) is 0 Å². The Morgan fingerprint density at radius 2 is 2.44 bits per heavy atom. The van der Waals surface area contributed by atoms with E-state index in [1.165, 1.54) is 19.3 Å². The second-order valence-corrected chi connectivity index (χ2v) is 3.02. The Bertz CT molecular complexity index is 468. The number of isocyanates is 1. The average Bonchev–Trinajstić information content (AvgIpc) is 2.75. The van der Waals surface area contributed by atoms with Crippen molar-refractivity contribution in [2.45, 2.75) is 6.54 Å². The van der Waals surface area contributed by atoms with E-state index in [1.807, 2.05) is 0 Å². The third-order valence-corrected chi connectivity index (χ3v) is 2.16. The lowest BCUT2D eigenvalue weighted by atomic mass is 10.1. The summed E-state index contributed by atoms with van der Waals surface area (Å²) in [7, 11) is 1.33. The fourth-order valence-corrected chi connectivity index (χ4v) is 1.49. The maximum Gasteiger partial charge on any atom is 0.235 e. The van der Waals surface area contributed by atoms with Crippen LogP contribution in [0.5, 0.6) is 17.2 Å². The fourth-order valence-electron chi connectivity index (χ4n) is 1.49. The number of fused-ring (bicyclic) bond motifs is 1. The van der Waals surface area contributed by atoms with Crippen LogP contribution in [0, 0.1) is 5.82 Å². The van der Waals surface area contributed by atoms with Crippen LogP contribution in [-0.4, -0.2) is 20.0 Å². The van der Waals surface area contributed by atoms with Crippen molar-refractivity contribution in [2.24, 2.45) is 4.99 Å². The molecule has 1 aliphatic rings. The molecule has 1 aliphatic heterocycles. The first-order valence-electron chi connectivity index (χ1n) is 4.46. The third kappa shape index (κ3) is 1.59. The molecule has 0 fully saturated rings. The summed E-state index contributed by atoms with van der Waals surface area (Å²) in [5, 5.41) is 0. The first-order valence-corrected chi connectivity index (χ1v) is 4.46. The van der Waals surface area contributed by atoms with Gasteiger partial charge in [0.15, 0.2) is 11.5 Å². The molecule has 0 unspecified atom stereocenters. The molecule has 0 atom stereocenters. The van der Waals surface area contributed by atoms with Gasteiger partial charge in [0.2, 0.25) is 24.4 Å². The summed E-state index contributed by atoms with van der Waals surface area (Å²) in [4.78, 5) is 13.4. The van der Waals surface area contributed by atoms with Crippen molar-refractivity contribution in [2.75, 3.05) is 13.9 Å². The Morgan fingerprint density at radius 1 is 1.62 bits per heavy atom. The topological polar surface area (TPSA) is 57.1 Å². The summed E-state index contributed by atoms with van der Waals surface area (Å²) in [6, 6.07) is 1.53. The number of aliphatic imine (C=N–C) groups is 1. The average molecular weight is 225 g/mol. The van der Waals surface area contributed by atoms with Crippen LogP contribution >= 0.6 is 0 Å². The summed E-state index contributed by atoms with van der Waals surface area (Å²) in [5.74, 6) is -0.332. The van der Waals surface area contributed by atoms with Gasteiger partial charge in [0.25, 0.3) is 0 Å². The molecular weight excluding hydrogens is 217 g/mol. The summed E-state index contributed by atoms with van der Waals surface area (Å²) >= 11 is 0. The Kier molecular flexibility index (Phi) is 2.74. The first-order chi connectivity index (χ1) is 7.77. The van der Waals surface area contributed by atoms with Gasteiger partial charge >= 0.3 is 0 Å². The van der Waals surface area contributed by atoms with Crippen molar-refractivity contribution in [1.29, 1.82) is 0 Å². The highest BCUT2D eigenvalue weighted by Crippen LogP contribution is 2.41. The fraction of sp³-hybridized carbons (Fsp3) is 0.300. The van der Waals surface area contributed by atoms with E-state index in [0.29, 0.717) is 5.56 Å². The summed E-state index contributed by atoms with van der Waals surface area (Å²) in [6.07, 6.45) is 1.38. The van der Waals surface area contributed by atoms with Crippen LogP contribution in [0.15, 0.2) is 11.1 Å². The third-order valence-electron chi connectivity index (χ3n) is 2.16. The molecule has 0 N–H and O–H groups in total. The van der Waals surface area contributed by atoms with Crippen molar-refractivity contribution in [1.82, 2.24) is 0 Å². The van der Waals surface area contributed by atoms with Crippen molar-refractivity contribution in [3.05, 3.63) is 17.4 Å². The lowest BCUT2D eigenvalue weighted by Gasteiger charge is -2.09. The molecule has 6 heteroatoms. The predicted octanol–water partition coefficient (Wildman–Crippen LogP) is 1.40. The second-order valence-electron chi connectivity index (χ2n) is 3.02. The highest BCUT2D eigenvalue weighted by Gasteiger charge is 2.25. The summed E-state index contributed by atoms with van der Waals surface area (Å²) in [5.41, 5.74) is 0.410. The van der Waals surface area contributed by atoms with E-state index >= 15 is 0 Å². The van der Waals surface area contributed by atoms with Crippen LogP contribution in [0.4, 0.5) is 4.39 Å². The predicted molar refractivity (Wildman–Crippen MR) is 50.9 cm³/mol. The molecule has 1 aromatic carbocycles. The Balaban J connectivity index is 2.51. The molecule has 0 amide bonds. The molecular formula is C10H8FNO4. The van der Waals surface area contributed by atoms with Gasteiger partial charge in [-0.05, 0) is 6.07 Å². The number of methoxy groups -OCH3 is 1. The Labute approximate surface area is 90.4 Å². The number of halogens is 1. The number of hydrogen-bond acceptors (Lipinski definition) is 5. The molecule has 2 rings (SSSR count). The Hall–Kier alpha value is -2.07. The normalized spacial score (nSPS) is 12.1. The van der Waals surface area contributed by atoms with Crippen molar-refractivity contribution >= 4 is 6.08 Å². The molecule has 0 spiro atoms. The molecule has 0 bridgehead atoms. The highest BCUT2D eigenvalue weighted by atomic mass is 19.1. The zero-order valence-corrected chi connectivity index (χ0v) is 8.45. The van der Waals surface area contributed by atoms with E-state index in [4.69, 9.17) is 14.2 Å². The second kappa shape index (κ2) is 4.20. The molecule has 0 saturated carbocycles. The van der Waals surface area contributed by atoms with Gasteiger partial charge in [0, 0.05) is 5.56 Å². The minimum absolute atomic E-state index is 0.00301. The van der Waals surface area contributed by atoms with Crippen LogP contribution in [0.2, 0.25) is 0 Å². The molecule has 16 heavy (non-hydrogen) atoms. The zero-order chi connectivity index (χ0) is 11.5. The standard InChI is InChI=1S/C10H8FNO4/c1-14-9-6(3-12-4-13)2-7-10(8(9)11)16-5-15-7/h2H,3,5H2,1H3. The van der Waals surface area contributed by atoms with Crippen LogP contribution in [0.3, 0.4) is 0 Å². The number of benzene rings is 1. The molecule has 1 aromatic rings. The molecule has 84 valence electrons. The van der Waals surface area contributed by atoms with Crippen LogP contribution in [0.1, 0.15) is 5.56 Å². The maximum absolute atomic E-state index is 13.8. The zero-order valence-electron chi connectivity index (χ0n) is 8.45. The minimum Gasteiger partial charge on any atom is -0.493 e. The van der Waals surface area contributed by atoms with E-state index < -0.39 is 5.82 Å². The van der Waals surface area contributed by atoms with Gasteiger partial charge in [-0.25, -0.2) is 9.79 Å².